The van der Waals surface area contributed by atoms with Crippen molar-refractivity contribution >= 4 is 5.97 Å². The number of ether oxygens (including phenoxy) is 1. The summed E-state index contributed by atoms with van der Waals surface area (Å²) in [6, 6.07) is 24.9. The Bertz CT molecular complexity index is 1060. The highest BCUT2D eigenvalue weighted by atomic mass is 16.5. The molecule has 0 spiro atoms. The summed E-state index contributed by atoms with van der Waals surface area (Å²) >= 11 is 0. The number of H-pyrrole nitrogens is 1. The van der Waals surface area contributed by atoms with Gasteiger partial charge in [0.1, 0.15) is 17.2 Å². The van der Waals surface area contributed by atoms with Gasteiger partial charge in [0.05, 0.1) is 0 Å². The molecule has 0 aliphatic heterocycles. The molecule has 4 rings (SSSR count). The van der Waals surface area contributed by atoms with Gasteiger partial charge < -0.3 is 9.84 Å². The minimum atomic E-state index is -1.09. The van der Waals surface area contributed by atoms with Crippen molar-refractivity contribution in [1.29, 1.82) is 0 Å². The molecule has 0 fully saturated rings. The molecule has 0 saturated heterocycles. The predicted octanol–water partition coefficient (Wildman–Crippen LogP) is 4.63. The van der Waals surface area contributed by atoms with E-state index in [4.69, 9.17) is 9.84 Å². The summed E-state index contributed by atoms with van der Waals surface area (Å²) in [5.74, 6) is 0.458. The lowest BCUT2D eigenvalue weighted by Crippen LogP contribution is -1.99. The van der Waals surface area contributed by atoms with E-state index in [9.17, 15) is 4.79 Å². The molecule has 0 amide bonds. The first-order valence-corrected chi connectivity index (χ1v) is 8.29. The maximum atomic E-state index is 11.2. The smallest absolute Gasteiger partial charge is 0.356 e. The van der Waals surface area contributed by atoms with Gasteiger partial charge in [0.15, 0.2) is 5.69 Å². The van der Waals surface area contributed by atoms with E-state index in [1.807, 2.05) is 78.9 Å². The van der Waals surface area contributed by atoms with Gasteiger partial charge in [-0.25, -0.2) is 4.79 Å². The summed E-state index contributed by atoms with van der Waals surface area (Å²) < 4.78 is 5.80. The second-order valence-electron chi connectivity index (χ2n) is 5.86. The van der Waals surface area contributed by atoms with Gasteiger partial charge in [0, 0.05) is 5.56 Å². The number of aromatic nitrogens is 3. The van der Waals surface area contributed by atoms with Crippen LogP contribution in [0.15, 0.2) is 78.9 Å². The van der Waals surface area contributed by atoms with E-state index in [0.29, 0.717) is 11.3 Å². The van der Waals surface area contributed by atoms with Crippen LogP contribution in [0.2, 0.25) is 0 Å². The zero-order valence-electron chi connectivity index (χ0n) is 14.2. The molecule has 0 aliphatic carbocycles. The molecule has 1 heterocycles. The molecular formula is C21H15N3O3. The number of nitrogens with one attached hydrogen (secondary N) is 1. The molecule has 0 saturated carbocycles. The van der Waals surface area contributed by atoms with E-state index in [-0.39, 0.29) is 5.69 Å². The molecule has 0 aliphatic rings. The number of rotatable bonds is 5. The van der Waals surface area contributed by atoms with Crippen LogP contribution in [0.1, 0.15) is 10.5 Å². The van der Waals surface area contributed by atoms with Crippen molar-refractivity contribution in [2.45, 2.75) is 0 Å². The van der Waals surface area contributed by atoms with Crippen LogP contribution in [0.25, 0.3) is 22.4 Å². The second kappa shape index (κ2) is 7.13. The summed E-state index contributed by atoms with van der Waals surface area (Å²) in [6.45, 7) is 0. The summed E-state index contributed by atoms with van der Waals surface area (Å²) in [6.07, 6.45) is 0. The Kier molecular flexibility index (Phi) is 4.37. The fraction of sp³-hybridized carbons (Fsp3) is 0. The number of carboxylic acids is 1. The molecule has 3 aromatic carbocycles. The first-order chi connectivity index (χ1) is 13.2. The minimum Gasteiger partial charge on any atom is -0.476 e. The Hall–Kier alpha value is -3.93. The predicted molar refractivity (Wildman–Crippen MR) is 101 cm³/mol. The Balaban J connectivity index is 1.54. The molecule has 0 radical (unpaired) electrons. The molecule has 2 N–H and O–H groups in total. The molecule has 4 aromatic rings. The number of aromatic carboxylic acids is 1. The monoisotopic (exact) mass is 357 g/mol. The van der Waals surface area contributed by atoms with Crippen LogP contribution in [-0.2, 0) is 0 Å². The van der Waals surface area contributed by atoms with Crippen LogP contribution in [0.3, 0.4) is 0 Å². The van der Waals surface area contributed by atoms with Crippen molar-refractivity contribution in [3.63, 3.8) is 0 Å². The highest BCUT2D eigenvalue weighted by molar-refractivity contribution is 5.92. The molecule has 0 unspecified atom stereocenters. The van der Waals surface area contributed by atoms with Gasteiger partial charge in [-0.2, -0.15) is 0 Å². The average Bonchev–Trinajstić information content (AvgIpc) is 3.20. The van der Waals surface area contributed by atoms with Crippen LogP contribution in [-0.4, -0.2) is 26.5 Å². The maximum absolute atomic E-state index is 11.2. The molecule has 6 nitrogen and oxygen atoms in total. The third kappa shape index (κ3) is 3.55. The Labute approximate surface area is 155 Å². The summed E-state index contributed by atoms with van der Waals surface area (Å²) in [7, 11) is 0. The van der Waals surface area contributed by atoms with Gasteiger partial charge in [-0.15, -0.1) is 5.10 Å². The van der Waals surface area contributed by atoms with E-state index in [2.05, 4.69) is 15.4 Å². The number of benzene rings is 3. The van der Waals surface area contributed by atoms with Crippen LogP contribution in [0.4, 0.5) is 0 Å². The van der Waals surface area contributed by atoms with E-state index in [1.54, 1.807) is 0 Å². The molecule has 0 bridgehead atoms. The molecule has 132 valence electrons. The molecule has 1 aromatic heterocycles. The van der Waals surface area contributed by atoms with Crippen LogP contribution in [0, 0.1) is 0 Å². The zero-order chi connectivity index (χ0) is 18.6. The molecule has 0 atom stereocenters. The van der Waals surface area contributed by atoms with Crippen LogP contribution in [0.5, 0.6) is 11.5 Å². The number of hydrogen-bond donors (Lipinski definition) is 2. The number of carbonyl (C=O) groups is 1. The number of carboxylic acid groups (broad SMARTS) is 1. The lowest BCUT2D eigenvalue weighted by Gasteiger charge is -2.07. The number of hydrogen-bond acceptors (Lipinski definition) is 4. The fourth-order valence-corrected chi connectivity index (χ4v) is 2.74. The summed E-state index contributed by atoms with van der Waals surface area (Å²) in [4.78, 5) is 11.2. The largest absolute Gasteiger partial charge is 0.476 e. The number of aromatic amines is 1. The van der Waals surface area contributed by atoms with Gasteiger partial charge in [-0.3, -0.25) is 5.10 Å². The quantitative estimate of drug-likeness (QED) is 0.544. The fourth-order valence-electron chi connectivity index (χ4n) is 2.74. The lowest BCUT2D eigenvalue weighted by molar-refractivity contribution is 0.0691. The highest BCUT2D eigenvalue weighted by Crippen LogP contribution is 2.28. The van der Waals surface area contributed by atoms with E-state index >= 15 is 0 Å². The normalized spacial score (nSPS) is 10.5. The summed E-state index contributed by atoms with van der Waals surface area (Å²) in [5.41, 5.74) is 3.02. The topological polar surface area (TPSA) is 88.1 Å². The number of nitrogens with zero attached hydrogens (tertiary/aromatic N) is 2. The van der Waals surface area contributed by atoms with Crippen molar-refractivity contribution in [3.05, 3.63) is 84.6 Å². The van der Waals surface area contributed by atoms with Gasteiger partial charge in [-0.1, -0.05) is 59.8 Å². The van der Waals surface area contributed by atoms with Gasteiger partial charge in [-0.05, 0) is 35.4 Å². The van der Waals surface area contributed by atoms with Gasteiger partial charge >= 0.3 is 5.97 Å². The molecule has 27 heavy (non-hydrogen) atoms. The standard InChI is InChI=1S/C21H15N3O3/c25-21(26)20-19(22-24-23-20)16-8-6-14(7-9-16)15-10-12-18(13-11-15)27-17-4-2-1-3-5-17/h1-13H,(H,25,26)(H,22,23,24). The van der Waals surface area contributed by atoms with Crippen molar-refractivity contribution in [3.8, 4) is 33.9 Å². The molecule has 6 heteroatoms. The van der Waals surface area contributed by atoms with Gasteiger partial charge in [0.25, 0.3) is 0 Å². The average molecular weight is 357 g/mol. The highest BCUT2D eigenvalue weighted by Gasteiger charge is 2.15. The first kappa shape index (κ1) is 16.5. The lowest BCUT2D eigenvalue weighted by atomic mass is 10.0. The third-order valence-corrected chi connectivity index (χ3v) is 4.09. The van der Waals surface area contributed by atoms with Gasteiger partial charge in [0.2, 0.25) is 0 Å². The third-order valence-electron chi connectivity index (χ3n) is 4.09. The van der Waals surface area contributed by atoms with Crippen molar-refractivity contribution in [2.24, 2.45) is 0 Å². The Morgan fingerprint density at radius 1 is 0.778 bits per heavy atom. The van der Waals surface area contributed by atoms with Crippen LogP contribution < -0.4 is 4.74 Å². The first-order valence-electron chi connectivity index (χ1n) is 8.29. The SMILES string of the molecule is O=C(O)c1[nH]nnc1-c1ccc(-c2ccc(Oc3ccccc3)cc2)cc1. The summed E-state index contributed by atoms with van der Waals surface area (Å²) in [5, 5.41) is 19.0. The van der Waals surface area contributed by atoms with Crippen molar-refractivity contribution in [1.82, 2.24) is 15.4 Å². The molecular weight excluding hydrogens is 342 g/mol. The van der Waals surface area contributed by atoms with E-state index in [1.165, 1.54) is 0 Å². The van der Waals surface area contributed by atoms with E-state index in [0.717, 1.165) is 22.6 Å². The minimum absolute atomic E-state index is 0.0230. The number of para-hydroxylation sites is 1. The van der Waals surface area contributed by atoms with Crippen molar-refractivity contribution < 1.29 is 14.6 Å². The second-order valence-corrected chi connectivity index (χ2v) is 5.86. The van der Waals surface area contributed by atoms with E-state index < -0.39 is 5.97 Å². The Morgan fingerprint density at radius 2 is 1.33 bits per heavy atom. The van der Waals surface area contributed by atoms with Crippen molar-refractivity contribution in [2.75, 3.05) is 0 Å². The van der Waals surface area contributed by atoms with Crippen LogP contribution >= 0.6 is 0 Å². The zero-order valence-corrected chi connectivity index (χ0v) is 14.2. The maximum Gasteiger partial charge on any atom is 0.356 e. The Morgan fingerprint density at radius 3 is 1.96 bits per heavy atom.